The van der Waals surface area contributed by atoms with Gasteiger partial charge in [0.15, 0.2) is 0 Å². The van der Waals surface area contributed by atoms with Gasteiger partial charge in [-0.1, -0.05) is 12.2 Å². The number of nitrogens with zero attached hydrogens (tertiary/aromatic N) is 1. The van der Waals surface area contributed by atoms with Crippen molar-refractivity contribution in [2.75, 3.05) is 7.05 Å². The van der Waals surface area contributed by atoms with E-state index in [4.69, 9.17) is 0 Å². The Labute approximate surface area is 107 Å². The largest absolute Gasteiger partial charge is 0.481 e. The molecular weight excluding hydrogens is 230 g/mol. The molecule has 0 aromatic carbocycles. The zero-order valence-corrected chi connectivity index (χ0v) is 10.6. The number of hydrogen-bond acceptors (Lipinski definition) is 2. The fourth-order valence-corrected chi connectivity index (χ4v) is 3.68. The maximum Gasteiger partial charge on any atom is 0.307 e. The van der Waals surface area contributed by atoms with Crippen LogP contribution in [-0.2, 0) is 9.59 Å². The lowest BCUT2D eigenvalue weighted by molar-refractivity contribution is -0.152. The zero-order valence-electron chi connectivity index (χ0n) is 10.6. The van der Waals surface area contributed by atoms with Gasteiger partial charge < -0.3 is 10.0 Å². The van der Waals surface area contributed by atoms with Crippen LogP contribution >= 0.6 is 0 Å². The summed E-state index contributed by atoms with van der Waals surface area (Å²) in [7, 11) is 1.83. The minimum Gasteiger partial charge on any atom is -0.481 e. The summed E-state index contributed by atoms with van der Waals surface area (Å²) in [5.74, 6) is -1.39. The van der Waals surface area contributed by atoms with Crippen LogP contribution in [0.15, 0.2) is 12.2 Å². The van der Waals surface area contributed by atoms with E-state index in [1.54, 1.807) is 4.90 Å². The van der Waals surface area contributed by atoms with Crippen LogP contribution in [0.1, 0.15) is 25.7 Å². The van der Waals surface area contributed by atoms with Crippen LogP contribution in [0.4, 0.5) is 0 Å². The number of rotatable bonds is 3. The molecule has 0 heterocycles. The Bertz CT molecular complexity index is 413. The second kappa shape index (κ2) is 4.11. The number of hydrogen-bond donors (Lipinski definition) is 1. The third kappa shape index (κ3) is 1.58. The van der Waals surface area contributed by atoms with Crippen molar-refractivity contribution in [2.45, 2.75) is 31.7 Å². The maximum atomic E-state index is 12.5. The van der Waals surface area contributed by atoms with Crippen molar-refractivity contribution in [1.29, 1.82) is 0 Å². The monoisotopic (exact) mass is 249 g/mol. The third-order valence-corrected chi connectivity index (χ3v) is 5.00. The predicted octanol–water partition coefficient (Wildman–Crippen LogP) is 1.52. The molecule has 18 heavy (non-hydrogen) atoms. The normalized spacial score (nSPS) is 37.6. The average molecular weight is 249 g/mol. The highest BCUT2D eigenvalue weighted by molar-refractivity contribution is 5.87. The molecule has 2 fully saturated rings. The first-order chi connectivity index (χ1) is 8.59. The predicted molar refractivity (Wildman–Crippen MR) is 65.8 cm³/mol. The van der Waals surface area contributed by atoms with E-state index in [0.29, 0.717) is 6.04 Å². The summed E-state index contributed by atoms with van der Waals surface area (Å²) in [6.07, 6.45) is 8.18. The molecule has 3 rings (SSSR count). The minimum absolute atomic E-state index is 0.0453. The summed E-state index contributed by atoms with van der Waals surface area (Å²) >= 11 is 0. The standard InChI is InChI=1S/C14H19NO3/c1-15(10-3-2-4-10)13(16)11-8-5-6-9(7-8)12(11)14(17)18/h5-6,8-12H,2-4,7H2,1H3,(H,17,18). The molecule has 0 aromatic rings. The van der Waals surface area contributed by atoms with Crippen LogP contribution in [0.2, 0.25) is 0 Å². The highest BCUT2D eigenvalue weighted by Gasteiger charge is 2.52. The zero-order chi connectivity index (χ0) is 12.9. The van der Waals surface area contributed by atoms with E-state index in [2.05, 4.69) is 0 Å². The van der Waals surface area contributed by atoms with Gasteiger partial charge in [-0.25, -0.2) is 0 Å². The van der Waals surface area contributed by atoms with E-state index in [1.165, 1.54) is 6.42 Å². The SMILES string of the molecule is CN(C(=O)C1C2C=CC(C2)C1C(=O)O)C1CCC1. The van der Waals surface area contributed by atoms with Gasteiger partial charge in [0, 0.05) is 13.1 Å². The number of amides is 1. The first-order valence-electron chi connectivity index (χ1n) is 6.77. The summed E-state index contributed by atoms with van der Waals surface area (Å²) in [5, 5.41) is 9.34. The Morgan fingerprint density at radius 1 is 1.17 bits per heavy atom. The third-order valence-electron chi connectivity index (χ3n) is 5.00. The number of carbonyl (C=O) groups excluding carboxylic acids is 1. The summed E-state index contributed by atoms with van der Waals surface area (Å²) in [5.41, 5.74) is 0. The van der Waals surface area contributed by atoms with Crippen LogP contribution in [0.25, 0.3) is 0 Å². The highest BCUT2D eigenvalue weighted by Crippen LogP contribution is 2.49. The topological polar surface area (TPSA) is 57.6 Å². The number of fused-ring (bicyclic) bond motifs is 2. The molecule has 4 heteroatoms. The van der Waals surface area contributed by atoms with Gasteiger partial charge >= 0.3 is 5.97 Å². The fraction of sp³-hybridized carbons (Fsp3) is 0.714. The summed E-state index contributed by atoms with van der Waals surface area (Å²) in [4.78, 5) is 25.7. The van der Waals surface area contributed by atoms with Crippen LogP contribution in [0, 0.1) is 23.7 Å². The van der Waals surface area contributed by atoms with Crippen LogP contribution in [0.5, 0.6) is 0 Å². The summed E-state index contributed by atoms with van der Waals surface area (Å²) in [6, 6.07) is 0.343. The average Bonchev–Trinajstić information content (AvgIpc) is 2.84. The summed E-state index contributed by atoms with van der Waals surface area (Å²) < 4.78 is 0. The van der Waals surface area contributed by atoms with Gasteiger partial charge in [0.25, 0.3) is 0 Å². The molecule has 1 N–H and O–H groups in total. The first-order valence-corrected chi connectivity index (χ1v) is 6.77. The van der Waals surface area contributed by atoms with Gasteiger partial charge in [-0.15, -0.1) is 0 Å². The van der Waals surface area contributed by atoms with E-state index < -0.39 is 11.9 Å². The van der Waals surface area contributed by atoms with E-state index >= 15 is 0 Å². The number of aliphatic carboxylic acids is 1. The fourth-order valence-electron chi connectivity index (χ4n) is 3.68. The van der Waals surface area contributed by atoms with Crippen molar-refractivity contribution in [2.24, 2.45) is 23.7 Å². The molecule has 0 spiro atoms. The number of carboxylic acids is 1. The molecule has 0 saturated heterocycles. The van der Waals surface area contributed by atoms with E-state index in [0.717, 1.165) is 19.3 Å². The Morgan fingerprint density at radius 3 is 2.28 bits per heavy atom. The molecular formula is C14H19NO3. The number of carboxylic acid groups (broad SMARTS) is 1. The molecule has 0 radical (unpaired) electrons. The van der Waals surface area contributed by atoms with Gasteiger partial charge in [-0.05, 0) is 37.5 Å². The molecule has 1 amide bonds. The molecule has 3 aliphatic rings. The smallest absolute Gasteiger partial charge is 0.307 e. The Hall–Kier alpha value is -1.32. The molecule has 2 saturated carbocycles. The lowest BCUT2D eigenvalue weighted by atomic mass is 9.81. The minimum atomic E-state index is -0.813. The Morgan fingerprint density at radius 2 is 1.78 bits per heavy atom. The Kier molecular flexibility index (Phi) is 2.68. The van der Waals surface area contributed by atoms with Crippen LogP contribution < -0.4 is 0 Å². The molecule has 0 aliphatic heterocycles. The highest BCUT2D eigenvalue weighted by atomic mass is 16.4. The second-order valence-corrected chi connectivity index (χ2v) is 5.87. The Balaban J connectivity index is 1.79. The van der Waals surface area contributed by atoms with Crippen molar-refractivity contribution in [3.05, 3.63) is 12.2 Å². The number of carbonyl (C=O) groups is 2. The lowest BCUT2D eigenvalue weighted by Gasteiger charge is -2.38. The van der Waals surface area contributed by atoms with Crippen molar-refractivity contribution in [3.8, 4) is 0 Å². The van der Waals surface area contributed by atoms with Crippen LogP contribution in [-0.4, -0.2) is 35.0 Å². The van der Waals surface area contributed by atoms with Crippen molar-refractivity contribution >= 4 is 11.9 Å². The molecule has 2 bridgehead atoms. The molecule has 98 valence electrons. The van der Waals surface area contributed by atoms with Crippen molar-refractivity contribution < 1.29 is 14.7 Å². The van der Waals surface area contributed by atoms with Gasteiger partial charge in [-0.3, -0.25) is 9.59 Å². The summed E-state index contributed by atoms with van der Waals surface area (Å²) in [6.45, 7) is 0. The molecule has 0 aromatic heterocycles. The van der Waals surface area contributed by atoms with Gasteiger partial charge in [0.2, 0.25) is 5.91 Å². The van der Waals surface area contributed by atoms with Crippen LogP contribution in [0.3, 0.4) is 0 Å². The number of allylic oxidation sites excluding steroid dienone is 2. The van der Waals surface area contributed by atoms with E-state index in [-0.39, 0.29) is 23.7 Å². The molecule has 4 atom stereocenters. The lowest BCUT2D eigenvalue weighted by Crippen LogP contribution is -2.47. The van der Waals surface area contributed by atoms with Gasteiger partial charge in [0.05, 0.1) is 11.8 Å². The van der Waals surface area contributed by atoms with E-state index in [1.807, 2.05) is 19.2 Å². The van der Waals surface area contributed by atoms with Gasteiger partial charge in [-0.2, -0.15) is 0 Å². The van der Waals surface area contributed by atoms with Crippen molar-refractivity contribution in [3.63, 3.8) is 0 Å². The second-order valence-electron chi connectivity index (χ2n) is 5.87. The maximum absolute atomic E-state index is 12.5. The van der Waals surface area contributed by atoms with E-state index in [9.17, 15) is 14.7 Å². The molecule has 4 unspecified atom stereocenters. The quantitative estimate of drug-likeness (QED) is 0.771. The first kappa shape index (κ1) is 11.8. The molecule has 4 nitrogen and oxygen atoms in total. The van der Waals surface area contributed by atoms with Gasteiger partial charge in [0.1, 0.15) is 0 Å². The van der Waals surface area contributed by atoms with Crippen molar-refractivity contribution in [1.82, 2.24) is 4.90 Å². The molecule has 3 aliphatic carbocycles.